The molecule has 0 aromatic heterocycles. The smallest absolute Gasteiger partial charge is 0.274 e. The minimum absolute atomic E-state index is 0.0325. The average molecular weight is 325 g/mol. The lowest BCUT2D eigenvalue weighted by Gasteiger charge is -2.36. The van der Waals surface area contributed by atoms with Crippen molar-refractivity contribution < 1.29 is 9.72 Å². The van der Waals surface area contributed by atoms with Crippen molar-refractivity contribution in [2.45, 2.75) is 6.92 Å². The molecular weight excluding hydrogens is 306 g/mol. The molecule has 0 aliphatic carbocycles. The maximum absolute atomic E-state index is 12.4. The number of rotatable bonds is 3. The second kappa shape index (κ2) is 6.70. The molecule has 0 bridgehead atoms. The summed E-state index contributed by atoms with van der Waals surface area (Å²) in [5.74, 6) is 0.0325. The Hall–Kier alpha value is -2.89. The van der Waals surface area contributed by atoms with Crippen molar-refractivity contribution in [2.75, 3.05) is 31.1 Å². The molecule has 1 aliphatic heterocycles. The van der Waals surface area contributed by atoms with Crippen molar-refractivity contribution in [3.8, 4) is 0 Å². The van der Waals surface area contributed by atoms with Gasteiger partial charge in [0.25, 0.3) is 11.6 Å². The fraction of sp³-hybridized carbons (Fsp3) is 0.278. The number of amides is 1. The highest BCUT2D eigenvalue weighted by atomic mass is 16.6. The van der Waals surface area contributed by atoms with Crippen LogP contribution in [-0.4, -0.2) is 41.9 Å². The highest BCUT2D eigenvalue weighted by Gasteiger charge is 2.23. The van der Waals surface area contributed by atoms with Gasteiger partial charge < -0.3 is 9.80 Å². The monoisotopic (exact) mass is 325 g/mol. The van der Waals surface area contributed by atoms with E-state index in [4.69, 9.17) is 0 Å². The first-order valence-corrected chi connectivity index (χ1v) is 7.90. The zero-order chi connectivity index (χ0) is 17.1. The van der Waals surface area contributed by atoms with Gasteiger partial charge >= 0.3 is 0 Å². The maximum atomic E-state index is 12.4. The number of hydrogen-bond donors (Lipinski definition) is 0. The zero-order valence-electron chi connectivity index (χ0n) is 13.5. The molecule has 24 heavy (non-hydrogen) atoms. The molecule has 0 unspecified atom stereocenters. The van der Waals surface area contributed by atoms with E-state index in [1.165, 1.54) is 0 Å². The largest absolute Gasteiger partial charge is 0.368 e. The second-order valence-electron chi connectivity index (χ2n) is 5.87. The summed E-state index contributed by atoms with van der Waals surface area (Å²) in [6.07, 6.45) is 0. The first-order chi connectivity index (χ1) is 11.6. The number of piperazine rings is 1. The van der Waals surface area contributed by atoms with E-state index in [1.807, 2.05) is 41.3 Å². The number of aryl methyl sites for hydroxylation is 1. The topological polar surface area (TPSA) is 66.7 Å². The van der Waals surface area contributed by atoms with Gasteiger partial charge in [-0.1, -0.05) is 24.3 Å². The Morgan fingerprint density at radius 1 is 1.04 bits per heavy atom. The van der Waals surface area contributed by atoms with Gasteiger partial charge in [0.05, 0.1) is 4.92 Å². The van der Waals surface area contributed by atoms with Crippen molar-refractivity contribution in [1.29, 1.82) is 0 Å². The Kier molecular flexibility index (Phi) is 4.46. The fourth-order valence-corrected chi connectivity index (χ4v) is 2.92. The quantitative estimate of drug-likeness (QED) is 0.643. The molecule has 0 saturated carbocycles. The Labute approximate surface area is 140 Å². The van der Waals surface area contributed by atoms with Crippen LogP contribution in [0.25, 0.3) is 0 Å². The molecule has 0 atom stereocenters. The molecule has 0 radical (unpaired) electrons. The van der Waals surface area contributed by atoms with Gasteiger partial charge in [0.2, 0.25) is 0 Å². The number of carbonyl (C=O) groups excluding carboxylic acids is 1. The Balaban J connectivity index is 1.68. The standard InChI is InChI=1S/C18H19N3O3/c1-14-7-8-16(13-17(14)21(23)24)19-9-11-20(12-10-19)18(22)15-5-3-2-4-6-15/h2-8,13H,9-12H2,1H3. The van der Waals surface area contributed by atoms with Gasteiger partial charge in [0, 0.05) is 49.1 Å². The first-order valence-electron chi connectivity index (χ1n) is 7.90. The predicted octanol–water partition coefficient (Wildman–Crippen LogP) is 2.87. The summed E-state index contributed by atoms with van der Waals surface area (Å²) in [6, 6.07) is 14.5. The van der Waals surface area contributed by atoms with Crippen LogP contribution in [0.3, 0.4) is 0 Å². The van der Waals surface area contributed by atoms with Gasteiger partial charge in [0.1, 0.15) is 0 Å². The maximum Gasteiger partial charge on any atom is 0.274 e. The van der Waals surface area contributed by atoms with Crippen molar-refractivity contribution in [3.05, 3.63) is 69.8 Å². The lowest BCUT2D eigenvalue weighted by Crippen LogP contribution is -2.48. The minimum atomic E-state index is -0.353. The molecule has 1 saturated heterocycles. The zero-order valence-corrected chi connectivity index (χ0v) is 13.5. The van der Waals surface area contributed by atoms with Gasteiger partial charge in [-0.3, -0.25) is 14.9 Å². The molecule has 1 heterocycles. The molecule has 1 aliphatic rings. The molecule has 0 N–H and O–H groups in total. The van der Waals surface area contributed by atoms with E-state index in [2.05, 4.69) is 4.90 Å². The van der Waals surface area contributed by atoms with Gasteiger partial charge in [-0.25, -0.2) is 0 Å². The summed E-state index contributed by atoms with van der Waals surface area (Å²) >= 11 is 0. The number of benzene rings is 2. The minimum Gasteiger partial charge on any atom is -0.368 e. The molecular formula is C18H19N3O3. The molecule has 2 aromatic carbocycles. The van der Waals surface area contributed by atoms with Crippen LogP contribution in [0, 0.1) is 17.0 Å². The normalized spacial score (nSPS) is 14.5. The van der Waals surface area contributed by atoms with Crippen LogP contribution in [0.4, 0.5) is 11.4 Å². The molecule has 2 aromatic rings. The first kappa shape index (κ1) is 16.0. The highest BCUT2D eigenvalue weighted by molar-refractivity contribution is 5.94. The Morgan fingerprint density at radius 2 is 1.71 bits per heavy atom. The summed E-state index contributed by atoms with van der Waals surface area (Å²) in [7, 11) is 0. The van der Waals surface area contributed by atoms with Crippen LogP contribution in [0.2, 0.25) is 0 Å². The van der Waals surface area contributed by atoms with Crippen molar-refractivity contribution in [3.63, 3.8) is 0 Å². The van der Waals surface area contributed by atoms with Crippen LogP contribution in [0.1, 0.15) is 15.9 Å². The van der Waals surface area contributed by atoms with Crippen LogP contribution < -0.4 is 4.90 Å². The molecule has 124 valence electrons. The summed E-state index contributed by atoms with van der Waals surface area (Å²) in [5.41, 5.74) is 2.31. The number of nitro benzene ring substituents is 1. The summed E-state index contributed by atoms with van der Waals surface area (Å²) in [5, 5.41) is 11.1. The lowest BCUT2D eigenvalue weighted by atomic mass is 10.1. The third kappa shape index (κ3) is 3.22. The predicted molar refractivity (Wildman–Crippen MR) is 92.4 cm³/mol. The van der Waals surface area contributed by atoms with E-state index < -0.39 is 0 Å². The van der Waals surface area contributed by atoms with Gasteiger partial charge in [-0.05, 0) is 25.1 Å². The van der Waals surface area contributed by atoms with E-state index in [0.717, 1.165) is 5.69 Å². The second-order valence-corrected chi connectivity index (χ2v) is 5.87. The summed E-state index contributed by atoms with van der Waals surface area (Å²) in [4.78, 5) is 27.1. The summed E-state index contributed by atoms with van der Waals surface area (Å²) in [6.45, 7) is 4.28. The van der Waals surface area contributed by atoms with Crippen LogP contribution >= 0.6 is 0 Å². The van der Waals surface area contributed by atoms with E-state index in [1.54, 1.807) is 19.1 Å². The SMILES string of the molecule is Cc1ccc(N2CCN(C(=O)c3ccccc3)CC2)cc1[N+](=O)[O-]. The third-order valence-corrected chi connectivity index (χ3v) is 4.34. The molecule has 6 heteroatoms. The number of nitro groups is 1. The molecule has 3 rings (SSSR count). The van der Waals surface area contributed by atoms with Gasteiger partial charge in [0.15, 0.2) is 0 Å². The molecule has 6 nitrogen and oxygen atoms in total. The third-order valence-electron chi connectivity index (χ3n) is 4.34. The van der Waals surface area contributed by atoms with E-state index in [0.29, 0.717) is 37.3 Å². The van der Waals surface area contributed by atoms with E-state index in [9.17, 15) is 14.9 Å². The number of hydrogen-bond acceptors (Lipinski definition) is 4. The van der Waals surface area contributed by atoms with Gasteiger partial charge in [-0.2, -0.15) is 0 Å². The van der Waals surface area contributed by atoms with Crippen molar-refractivity contribution in [1.82, 2.24) is 4.90 Å². The average Bonchev–Trinajstić information content (AvgIpc) is 2.62. The van der Waals surface area contributed by atoms with Gasteiger partial charge in [-0.15, -0.1) is 0 Å². The molecule has 0 spiro atoms. The highest BCUT2D eigenvalue weighted by Crippen LogP contribution is 2.26. The summed E-state index contributed by atoms with van der Waals surface area (Å²) < 4.78 is 0. The Bertz CT molecular complexity index is 753. The Morgan fingerprint density at radius 3 is 2.33 bits per heavy atom. The van der Waals surface area contributed by atoms with Crippen molar-refractivity contribution in [2.24, 2.45) is 0 Å². The van der Waals surface area contributed by atoms with E-state index in [-0.39, 0.29) is 16.5 Å². The van der Waals surface area contributed by atoms with Crippen molar-refractivity contribution >= 4 is 17.3 Å². The lowest BCUT2D eigenvalue weighted by molar-refractivity contribution is -0.385. The number of anilines is 1. The van der Waals surface area contributed by atoms with Crippen LogP contribution in [0.5, 0.6) is 0 Å². The molecule has 1 amide bonds. The fourth-order valence-electron chi connectivity index (χ4n) is 2.92. The number of carbonyl (C=O) groups is 1. The van der Waals surface area contributed by atoms with Crippen LogP contribution in [-0.2, 0) is 0 Å². The van der Waals surface area contributed by atoms with E-state index >= 15 is 0 Å². The molecule has 1 fully saturated rings. The van der Waals surface area contributed by atoms with Crippen LogP contribution in [0.15, 0.2) is 48.5 Å². The number of nitrogens with zero attached hydrogens (tertiary/aromatic N) is 3.